The van der Waals surface area contributed by atoms with Gasteiger partial charge in [-0.15, -0.1) is 0 Å². The number of halogens is 2. The van der Waals surface area contributed by atoms with Crippen LogP contribution in [-0.4, -0.2) is 23.2 Å². The van der Waals surface area contributed by atoms with Crippen LogP contribution >= 0.6 is 23.2 Å². The predicted molar refractivity (Wildman–Crippen MR) is 115 cm³/mol. The predicted octanol–water partition coefficient (Wildman–Crippen LogP) is 5.17. The zero-order valence-corrected chi connectivity index (χ0v) is 17.1. The Morgan fingerprint density at radius 3 is 2.62 bits per heavy atom. The Morgan fingerprint density at radius 2 is 1.76 bits per heavy atom. The maximum absolute atomic E-state index is 6.22. The summed E-state index contributed by atoms with van der Waals surface area (Å²) in [5.41, 5.74) is 2.00. The Balaban J connectivity index is 1.37. The van der Waals surface area contributed by atoms with Crippen LogP contribution in [0.25, 0.3) is 0 Å². The molecule has 3 aromatic rings. The molecule has 0 fully saturated rings. The molecule has 29 heavy (non-hydrogen) atoms. The van der Waals surface area contributed by atoms with Crippen molar-refractivity contribution in [3.63, 3.8) is 0 Å². The largest absolute Gasteiger partial charge is 0.490 e. The van der Waals surface area contributed by atoms with Crippen LogP contribution in [0.2, 0.25) is 10.0 Å². The third-order valence-electron chi connectivity index (χ3n) is 4.39. The zero-order valence-electron chi connectivity index (χ0n) is 15.6. The molecule has 0 amide bonds. The molecule has 0 saturated carbocycles. The normalized spacial score (nSPS) is 12.9. The molecular weight excluding hydrogens is 411 g/mol. The highest BCUT2D eigenvalue weighted by Gasteiger charge is 2.11. The molecule has 150 valence electrons. The minimum Gasteiger partial charge on any atom is -0.490 e. The first-order valence-electron chi connectivity index (χ1n) is 9.30. The van der Waals surface area contributed by atoms with Crippen molar-refractivity contribution in [1.82, 2.24) is 9.97 Å². The van der Waals surface area contributed by atoms with Crippen LogP contribution in [0.1, 0.15) is 17.5 Å². The molecule has 0 unspecified atom stereocenters. The van der Waals surface area contributed by atoms with E-state index in [1.165, 1.54) is 0 Å². The molecule has 0 atom stereocenters. The second kappa shape index (κ2) is 9.20. The van der Waals surface area contributed by atoms with E-state index in [0.29, 0.717) is 48.1 Å². The highest BCUT2D eigenvalue weighted by Crippen LogP contribution is 2.30. The molecule has 0 saturated heterocycles. The zero-order chi connectivity index (χ0) is 20.1. The first kappa shape index (κ1) is 19.6. The Bertz CT molecular complexity index is 1000. The number of ether oxygens (including phenoxy) is 2. The molecule has 6 nitrogen and oxygen atoms in total. The minimum absolute atomic E-state index is 0.532. The van der Waals surface area contributed by atoms with Gasteiger partial charge in [0.15, 0.2) is 11.5 Å². The van der Waals surface area contributed by atoms with Gasteiger partial charge in [-0.25, -0.2) is 4.98 Å². The van der Waals surface area contributed by atoms with Gasteiger partial charge in [-0.05, 0) is 41.5 Å². The first-order valence-corrected chi connectivity index (χ1v) is 10.1. The van der Waals surface area contributed by atoms with Gasteiger partial charge in [0, 0.05) is 35.8 Å². The van der Waals surface area contributed by atoms with Gasteiger partial charge in [0.25, 0.3) is 0 Å². The lowest BCUT2D eigenvalue weighted by molar-refractivity contribution is 0.297. The van der Waals surface area contributed by atoms with E-state index < -0.39 is 0 Å². The Hall–Kier alpha value is -2.70. The van der Waals surface area contributed by atoms with Gasteiger partial charge in [0.05, 0.1) is 13.2 Å². The quantitative estimate of drug-likeness (QED) is 0.562. The van der Waals surface area contributed by atoms with Crippen molar-refractivity contribution in [1.29, 1.82) is 0 Å². The van der Waals surface area contributed by atoms with Crippen LogP contribution in [0.5, 0.6) is 11.5 Å². The topological polar surface area (TPSA) is 68.3 Å². The van der Waals surface area contributed by atoms with Gasteiger partial charge in [-0.3, -0.25) is 0 Å². The standard InChI is InChI=1S/C21H20Cl2N4O2/c22-16-4-3-15(17(23)11-16)13-25-20-6-7-24-21(27-20)26-12-14-2-5-18-19(10-14)29-9-1-8-28-18/h2-7,10-11H,1,8-9,12-13H2,(H2,24,25,26,27). The number of rotatable bonds is 6. The summed E-state index contributed by atoms with van der Waals surface area (Å²) in [5.74, 6) is 2.80. The van der Waals surface area contributed by atoms with Gasteiger partial charge >= 0.3 is 0 Å². The average molecular weight is 431 g/mol. The second-order valence-electron chi connectivity index (χ2n) is 6.54. The fraction of sp³-hybridized carbons (Fsp3) is 0.238. The molecule has 0 spiro atoms. The van der Waals surface area contributed by atoms with E-state index in [-0.39, 0.29) is 0 Å². The van der Waals surface area contributed by atoms with E-state index in [4.69, 9.17) is 32.7 Å². The number of hydrogen-bond acceptors (Lipinski definition) is 6. The number of hydrogen-bond donors (Lipinski definition) is 2. The monoisotopic (exact) mass is 430 g/mol. The third-order valence-corrected chi connectivity index (χ3v) is 4.98. The van der Waals surface area contributed by atoms with Crippen molar-refractivity contribution in [2.75, 3.05) is 23.8 Å². The molecule has 0 bridgehead atoms. The van der Waals surface area contributed by atoms with E-state index in [1.54, 1.807) is 12.3 Å². The summed E-state index contributed by atoms with van der Waals surface area (Å²) in [5, 5.41) is 7.72. The number of aromatic nitrogens is 2. The van der Waals surface area contributed by atoms with Crippen LogP contribution in [0.15, 0.2) is 48.7 Å². The molecule has 2 N–H and O–H groups in total. The van der Waals surface area contributed by atoms with Crippen LogP contribution in [0.4, 0.5) is 11.8 Å². The molecule has 0 aliphatic carbocycles. The molecule has 8 heteroatoms. The Morgan fingerprint density at radius 1 is 0.897 bits per heavy atom. The highest BCUT2D eigenvalue weighted by atomic mass is 35.5. The lowest BCUT2D eigenvalue weighted by atomic mass is 10.2. The van der Waals surface area contributed by atoms with Crippen LogP contribution in [-0.2, 0) is 13.1 Å². The Labute approximate surface area is 179 Å². The van der Waals surface area contributed by atoms with Crippen molar-refractivity contribution in [3.8, 4) is 11.5 Å². The number of fused-ring (bicyclic) bond motifs is 1. The van der Waals surface area contributed by atoms with Crippen LogP contribution < -0.4 is 20.1 Å². The van der Waals surface area contributed by atoms with Gasteiger partial charge in [0.2, 0.25) is 5.95 Å². The molecule has 0 radical (unpaired) electrons. The van der Waals surface area contributed by atoms with Gasteiger partial charge in [-0.2, -0.15) is 4.98 Å². The van der Waals surface area contributed by atoms with Crippen LogP contribution in [0.3, 0.4) is 0 Å². The average Bonchev–Trinajstić information content (AvgIpc) is 2.97. The summed E-state index contributed by atoms with van der Waals surface area (Å²) in [6, 6.07) is 13.2. The summed E-state index contributed by atoms with van der Waals surface area (Å²) < 4.78 is 11.4. The summed E-state index contributed by atoms with van der Waals surface area (Å²) in [4.78, 5) is 8.77. The van der Waals surface area contributed by atoms with Crippen molar-refractivity contribution < 1.29 is 9.47 Å². The van der Waals surface area contributed by atoms with E-state index in [1.807, 2.05) is 36.4 Å². The fourth-order valence-electron chi connectivity index (χ4n) is 2.89. The first-order chi connectivity index (χ1) is 14.2. The molecule has 2 aromatic carbocycles. The molecular formula is C21H20Cl2N4O2. The minimum atomic E-state index is 0.532. The molecule has 2 heterocycles. The lowest BCUT2D eigenvalue weighted by Gasteiger charge is -2.11. The summed E-state index contributed by atoms with van der Waals surface area (Å²) >= 11 is 12.2. The number of benzene rings is 2. The second-order valence-corrected chi connectivity index (χ2v) is 7.38. The molecule has 4 rings (SSSR count). The van der Waals surface area contributed by atoms with E-state index in [2.05, 4.69) is 20.6 Å². The van der Waals surface area contributed by atoms with E-state index in [0.717, 1.165) is 29.0 Å². The van der Waals surface area contributed by atoms with E-state index >= 15 is 0 Å². The maximum Gasteiger partial charge on any atom is 0.224 e. The van der Waals surface area contributed by atoms with Gasteiger partial charge in [-0.1, -0.05) is 35.3 Å². The Kier molecular flexibility index (Phi) is 6.22. The van der Waals surface area contributed by atoms with Crippen LogP contribution in [0, 0.1) is 0 Å². The van der Waals surface area contributed by atoms with E-state index in [9.17, 15) is 0 Å². The van der Waals surface area contributed by atoms with Gasteiger partial charge in [0.1, 0.15) is 5.82 Å². The molecule has 1 aliphatic heterocycles. The fourth-order valence-corrected chi connectivity index (χ4v) is 3.37. The number of nitrogens with zero attached hydrogens (tertiary/aromatic N) is 2. The summed E-state index contributed by atoms with van der Waals surface area (Å²) in [7, 11) is 0. The summed E-state index contributed by atoms with van der Waals surface area (Å²) in [6.07, 6.45) is 2.59. The van der Waals surface area contributed by atoms with Gasteiger partial charge < -0.3 is 20.1 Å². The highest BCUT2D eigenvalue weighted by molar-refractivity contribution is 6.35. The summed E-state index contributed by atoms with van der Waals surface area (Å²) in [6.45, 7) is 2.45. The van der Waals surface area contributed by atoms with Crippen molar-refractivity contribution in [2.45, 2.75) is 19.5 Å². The van der Waals surface area contributed by atoms with Crippen molar-refractivity contribution >= 4 is 35.0 Å². The van der Waals surface area contributed by atoms with Crippen molar-refractivity contribution in [2.24, 2.45) is 0 Å². The SMILES string of the molecule is Clc1ccc(CNc2ccnc(NCc3ccc4c(c3)OCCCO4)n2)c(Cl)c1. The molecule has 1 aliphatic rings. The van der Waals surface area contributed by atoms with Crippen molar-refractivity contribution in [3.05, 3.63) is 69.8 Å². The number of nitrogens with one attached hydrogen (secondary N) is 2. The maximum atomic E-state index is 6.22. The number of anilines is 2. The molecule has 1 aromatic heterocycles. The third kappa shape index (κ3) is 5.22. The smallest absolute Gasteiger partial charge is 0.224 e. The lowest BCUT2D eigenvalue weighted by Crippen LogP contribution is -2.07.